The third-order valence-electron chi connectivity index (χ3n) is 7.00. The molecule has 0 aromatic heterocycles. The van der Waals surface area contributed by atoms with Crippen LogP contribution in [-0.4, -0.2) is 68.5 Å². The summed E-state index contributed by atoms with van der Waals surface area (Å²) in [5.41, 5.74) is 0. The van der Waals surface area contributed by atoms with Gasteiger partial charge in [0.25, 0.3) is 7.82 Å². The molecule has 0 spiro atoms. The van der Waals surface area contributed by atoms with E-state index in [0.717, 1.165) is 70.6 Å². The Kier molecular flexibility index (Phi) is 26.8. The van der Waals surface area contributed by atoms with Gasteiger partial charge in [0.15, 0.2) is 0 Å². The summed E-state index contributed by atoms with van der Waals surface area (Å²) in [4.78, 5) is 25.0. The zero-order valence-corrected chi connectivity index (χ0v) is 29.5. The number of nitrogens with one attached hydrogen (secondary N) is 1. The van der Waals surface area contributed by atoms with Crippen LogP contribution < -0.4 is 10.2 Å². The van der Waals surface area contributed by atoms with Crippen molar-refractivity contribution < 1.29 is 32.9 Å². The molecule has 44 heavy (non-hydrogen) atoms. The van der Waals surface area contributed by atoms with Crippen molar-refractivity contribution in [3.05, 3.63) is 48.6 Å². The van der Waals surface area contributed by atoms with Crippen LogP contribution in [0.5, 0.6) is 0 Å². The maximum Gasteiger partial charge on any atom is 0.268 e. The molecule has 8 nitrogen and oxygen atoms in total. The Morgan fingerprint density at radius 3 is 1.95 bits per heavy atom. The summed E-state index contributed by atoms with van der Waals surface area (Å²) >= 11 is 0. The summed E-state index contributed by atoms with van der Waals surface area (Å²) in [7, 11) is 1.21. The van der Waals surface area contributed by atoms with Crippen LogP contribution in [0.3, 0.4) is 0 Å². The molecule has 2 N–H and O–H groups in total. The molecule has 0 aromatic rings. The molecule has 3 unspecified atom stereocenters. The molecule has 0 saturated heterocycles. The minimum absolute atomic E-state index is 0.0125. The molecular weight excluding hydrogens is 575 g/mol. The van der Waals surface area contributed by atoms with Crippen LogP contribution in [-0.2, 0) is 18.4 Å². The van der Waals surface area contributed by atoms with Gasteiger partial charge >= 0.3 is 0 Å². The van der Waals surface area contributed by atoms with Gasteiger partial charge in [0.05, 0.1) is 39.9 Å². The lowest BCUT2D eigenvalue weighted by atomic mass is 10.1. The molecule has 0 aliphatic rings. The van der Waals surface area contributed by atoms with E-state index in [1.54, 1.807) is 6.08 Å². The average molecular weight is 641 g/mol. The fraction of sp³-hybridized carbons (Fsp3) is 0.743. The summed E-state index contributed by atoms with van der Waals surface area (Å²) in [5, 5.41) is 13.6. The Labute approximate surface area is 269 Å². The zero-order chi connectivity index (χ0) is 32.9. The molecular formula is C35H65N2O6P. The topological polar surface area (TPSA) is 108 Å². The number of likely N-dealkylation sites (N-methyl/N-ethyl adjacent to an activating group) is 1. The van der Waals surface area contributed by atoms with Gasteiger partial charge in [-0.2, -0.15) is 0 Å². The number of aliphatic hydroxyl groups is 1. The second-order valence-corrected chi connectivity index (χ2v) is 13.9. The first kappa shape index (κ1) is 42.5. The predicted octanol–water partition coefficient (Wildman–Crippen LogP) is 7.55. The summed E-state index contributed by atoms with van der Waals surface area (Å²) in [6.45, 7) is 4.41. The molecule has 3 atom stereocenters. The van der Waals surface area contributed by atoms with Crippen LogP contribution >= 0.6 is 7.82 Å². The lowest BCUT2D eigenvalue weighted by molar-refractivity contribution is -0.870. The molecule has 0 saturated carbocycles. The molecule has 0 fully saturated rings. The summed E-state index contributed by atoms with van der Waals surface area (Å²) < 4.78 is 22.9. The van der Waals surface area contributed by atoms with E-state index in [1.807, 2.05) is 27.2 Å². The van der Waals surface area contributed by atoms with Crippen LogP contribution in [0.4, 0.5) is 0 Å². The van der Waals surface area contributed by atoms with Gasteiger partial charge in [0, 0.05) is 6.42 Å². The van der Waals surface area contributed by atoms with Crippen molar-refractivity contribution in [3.8, 4) is 0 Å². The quantitative estimate of drug-likeness (QED) is 0.0378. The number of carbonyl (C=O) groups excluding carboxylic acids is 1. The fourth-order valence-electron chi connectivity index (χ4n) is 4.24. The van der Waals surface area contributed by atoms with Crippen LogP contribution in [0.25, 0.3) is 0 Å². The Bertz CT molecular complexity index is 866. The van der Waals surface area contributed by atoms with Gasteiger partial charge in [-0.1, -0.05) is 94.6 Å². The van der Waals surface area contributed by atoms with E-state index < -0.39 is 26.6 Å². The summed E-state index contributed by atoms with van der Waals surface area (Å²) in [6.07, 6.45) is 31.6. The van der Waals surface area contributed by atoms with E-state index in [4.69, 9.17) is 9.05 Å². The van der Waals surface area contributed by atoms with Gasteiger partial charge in [-0.25, -0.2) is 0 Å². The maximum atomic E-state index is 12.7. The molecule has 1 amide bonds. The Morgan fingerprint density at radius 1 is 0.795 bits per heavy atom. The first-order valence-corrected chi connectivity index (χ1v) is 18.5. The number of hydrogen-bond donors (Lipinski definition) is 2. The number of quaternary nitrogens is 1. The number of phosphoric ester groups is 1. The van der Waals surface area contributed by atoms with Crippen LogP contribution in [0, 0.1) is 0 Å². The first-order valence-electron chi connectivity index (χ1n) is 17.0. The third-order valence-corrected chi connectivity index (χ3v) is 7.96. The van der Waals surface area contributed by atoms with Crippen molar-refractivity contribution in [1.82, 2.24) is 5.32 Å². The van der Waals surface area contributed by atoms with Crippen molar-refractivity contribution in [2.75, 3.05) is 40.9 Å². The normalized spacial score (nSPS) is 15.5. The number of nitrogens with zero attached hydrogens (tertiary/aromatic N) is 1. The number of amides is 1. The van der Waals surface area contributed by atoms with Crippen molar-refractivity contribution in [1.29, 1.82) is 0 Å². The van der Waals surface area contributed by atoms with Crippen molar-refractivity contribution in [2.45, 2.75) is 129 Å². The van der Waals surface area contributed by atoms with Gasteiger partial charge in [-0.3, -0.25) is 9.36 Å². The Hall–Kier alpha value is -1.54. The lowest BCUT2D eigenvalue weighted by Crippen LogP contribution is -2.45. The first-order chi connectivity index (χ1) is 21.0. The zero-order valence-electron chi connectivity index (χ0n) is 28.6. The number of aliphatic hydroxyl groups excluding tert-OH is 1. The molecule has 0 aliphatic heterocycles. The molecule has 0 bridgehead atoms. The highest BCUT2D eigenvalue weighted by Gasteiger charge is 2.23. The molecule has 0 aromatic carbocycles. The predicted molar refractivity (Wildman–Crippen MR) is 182 cm³/mol. The van der Waals surface area contributed by atoms with E-state index in [2.05, 4.69) is 55.6 Å². The molecule has 0 radical (unpaired) electrons. The molecule has 0 aliphatic carbocycles. The van der Waals surface area contributed by atoms with E-state index in [0.29, 0.717) is 17.4 Å². The Morgan fingerprint density at radius 2 is 1.34 bits per heavy atom. The smallest absolute Gasteiger partial charge is 0.268 e. The van der Waals surface area contributed by atoms with E-state index in [9.17, 15) is 19.4 Å². The molecule has 0 heterocycles. The highest BCUT2D eigenvalue weighted by atomic mass is 31.2. The van der Waals surface area contributed by atoms with Crippen molar-refractivity contribution >= 4 is 13.7 Å². The number of hydrogen-bond acceptors (Lipinski definition) is 6. The highest BCUT2D eigenvalue weighted by Crippen LogP contribution is 2.38. The SMILES string of the molecule is CC/C=C/CC/C=C/CC/C=C/C(O)C(COP(=O)([O-])OCC[N+](C)(C)C)NC(=O)CCCCCCC/C=C\CCCCC. The molecule has 9 heteroatoms. The number of unbranched alkanes of at least 4 members (excludes halogenated alkanes) is 10. The minimum Gasteiger partial charge on any atom is -0.756 e. The van der Waals surface area contributed by atoms with Gasteiger partial charge in [0.1, 0.15) is 13.2 Å². The van der Waals surface area contributed by atoms with Gasteiger partial charge < -0.3 is 28.8 Å². The number of rotatable bonds is 29. The second-order valence-electron chi connectivity index (χ2n) is 12.5. The van der Waals surface area contributed by atoms with Crippen LogP contribution in [0.2, 0.25) is 0 Å². The maximum absolute atomic E-state index is 12.7. The molecule has 256 valence electrons. The third kappa shape index (κ3) is 29.2. The van der Waals surface area contributed by atoms with Gasteiger partial charge in [-0.05, 0) is 64.2 Å². The van der Waals surface area contributed by atoms with Crippen molar-refractivity contribution in [2.24, 2.45) is 0 Å². The monoisotopic (exact) mass is 640 g/mol. The average Bonchev–Trinajstić information content (AvgIpc) is 2.95. The standard InChI is InChI=1S/C35H65N2O6P/c1-6-8-10-12-14-16-18-19-21-23-25-27-29-35(39)36-33(32-43-44(40,41)42-31-30-37(3,4)5)34(38)28-26-24-22-20-17-15-13-11-9-7-2/h9,11,14,16-17,20,26,28,33-34,38H,6-8,10,12-13,15,18-19,21-25,27,29-32H2,1-5H3,(H-,36,39,40,41)/b11-9+,16-14-,20-17+,28-26+. The minimum atomic E-state index is -4.59. The van der Waals surface area contributed by atoms with Crippen molar-refractivity contribution in [3.63, 3.8) is 0 Å². The van der Waals surface area contributed by atoms with E-state index >= 15 is 0 Å². The van der Waals surface area contributed by atoms with Gasteiger partial charge in [-0.15, -0.1) is 0 Å². The number of allylic oxidation sites excluding steroid dienone is 7. The highest BCUT2D eigenvalue weighted by molar-refractivity contribution is 7.45. The lowest BCUT2D eigenvalue weighted by Gasteiger charge is -2.29. The molecule has 0 rings (SSSR count). The number of carbonyl (C=O) groups is 1. The van der Waals surface area contributed by atoms with E-state index in [-0.39, 0.29) is 12.5 Å². The summed E-state index contributed by atoms with van der Waals surface area (Å²) in [5.74, 6) is -0.229. The van der Waals surface area contributed by atoms with Crippen LogP contribution in [0.1, 0.15) is 117 Å². The fourth-order valence-corrected chi connectivity index (χ4v) is 4.96. The second kappa shape index (κ2) is 27.7. The summed E-state index contributed by atoms with van der Waals surface area (Å²) in [6, 6.07) is -0.909. The van der Waals surface area contributed by atoms with E-state index in [1.165, 1.54) is 25.7 Å². The number of phosphoric acid groups is 1. The van der Waals surface area contributed by atoms with Crippen LogP contribution in [0.15, 0.2) is 48.6 Å². The largest absolute Gasteiger partial charge is 0.756 e. The Balaban J connectivity index is 4.69. The van der Waals surface area contributed by atoms with Gasteiger partial charge in [0.2, 0.25) is 5.91 Å².